The molecule has 120 valence electrons. The lowest BCUT2D eigenvalue weighted by molar-refractivity contribution is -0.384. The molecule has 0 N–H and O–H groups in total. The summed E-state index contributed by atoms with van der Waals surface area (Å²) in [5.41, 5.74) is 1.05. The van der Waals surface area contributed by atoms with Gasteiger partial charge in [0.05, 0.1) is 10.5 Å². The van der Waals surface area contributed by atoms with E-state index in [0.29, 0.717) is 5.75 Å². The van der Waals surface area contributed by atoms with Crippen LogP contribution in [-0.2, 0) is 0 Å². The van der Waals surface area contributed by atoms with Gasteiger partial charge in [-0.15, -0.1) is 0 Å². The quantitative estimate of drug-likeness (QED) is 0.316. The summed E-state index contributed by atoms with van der Waals surface area (Å²) in [6.07, 6.45) is 2.61. The molecule has 1 heterocycles. The van der Waals surface area contributed by atoms with E-state index in [1.54, 1.807) is 24.3 Å². The lowest BCUT2D eigenvalue weighted by Gasteiger charge is -2.07. The number of carbonyl (C=O) groups excluding carboxylic acids is 1. The second-order valence-corrected chi connectivity index (χ2v) is 5.00. The molecule has 0 unspecified atom stereocenters. The van der Waals surface area contributed by atoms with Gasteiger partial charge >= 0.3 is 5.97 Å². The third kappa shape index (κ3) is 3.12. The molecule has 0 spiro atoms. The summed E-state index contributed by atoms with van der Waals surface area (Å²) in [5.74, 6) is -0.305. The molecular formula is C16H12N4O4. The van der Waals surface area contributed by atoms with Gasteiger partial charge in [-0.05, 0) is 31.2 Å². The van der Waals surface area contributed by atoms with Gasteiger partial charge in [0.15, 0.2) is 0 Å². The Hall–Kier alpha value is -3.55. The van der Waals surface area contributed by atoms with Crippen molar-refractivity contribution in [2.45, 2.75) is 6.92 Å². The van der Waals surface area contributed by atoms with Crippen LogP contribution in [-0.4, -0.2) is 25.7 Å². The maximum atomic E-state index is 12.2. The number of aromatic nitrogens is 3. The van der Waals surface area contributed by atoms with E-state index >= 15 is 0 Å². The van der Waals surface area contributed by atoms with Crippen molar-refractivity contribution in [2.24, 2.45) is 0 Å². The van der Waals surface area contributed by atoms with Gasteiger partial charge in [0.25, 0.3) is 5.69 Å². The molecule has 3 rings (SSSR count). The van der Waals surface area contributed by atoms with E-state index in [9.17, 15) is 14.9 Å². The fourth-order valence-corrected chi connectivity index (χ4v) is 2.10. The van der Waals surface area contributed by atoms with E-state index in [1.807, 2.05) is 6.92 Å². The van der Waals surface area contributed by atoms with Crippen LogP contribution in [0.4, 0.5) is 5.69 Å². The van der Waals surface area contributed by atoms with Crippen molar-refractivity contribution < 1.29 is 14.5 Å². The normalized spacial score (nSPS) is 10.4. The SMILES string of the molecule is Cc1ccc(OC(=O)c2ccc(-n3cncn3)c([N+](=O)[O-])c2)cc1. The number of benzene rings is 2. The molecule has 0 saturated carbocycles. The minimum atomic E-state index is -0.674. The predicted octanol–water partition coefficient (Wildman–Crippen LogP) is 2.70. The monoisotopic (exact) mass is 324 g/mol. The van der Waals surface area contributed by atoms with Crippen LogP contribution in [0, 0.1) is 17.0 Å². The number of ether oxygens (including phenoxy) is 1. The van der Waals surface area contributed by atoms with Crippen LogP contribution in [0.1, 0.15) is 15.9 Å². The van der Waals surface area contributed by atoms with Gasteiger partial charge in [-0.3, -0.25) is 10.1 Å². The van der Waals surface area contributed by atoms with Gasteiger partial charge in [0.1, 0.15) is 24.1 Å². The van der Waals surface area contributed by atoms with E-state index in [1.165, 1.54) is 29.5 Å². The topological polar surface area (TPSA) is 100 Å². The Morgan fingerprint density at radius 2 is 1.96 bits per heavy atom. The minimum Gasteiger partial charge on any atom is -0.423 e. The van der Waals surface area contributed by atoms with E-state index < -0.39 is 10.9 Å². The highest BCUT2D eigenvalue weighted by atomic mass is 16.6. The number of nitro benzene ring substituents is 1. The molecule has 0 fully saturated rings. The Bertz CT molecular complexity index is 889. The number of esters is 1. The number of nitro groups is 1. The van der Waals surface area contributed by atoms with Crippen LogP contribution in [0.5, 0.6) is 5.75 Å². The average Bonchev–Trinajstić information content (AvgIpc) is 3.10. The first-order valence-corrected chi connectivity index (χ1v) is 6.97. The molecule has 8 heteroatoms. The van der Waals surface area contributed by atoms with Crippen molar-refractivity contribution in [1.82, 2.24) is 14.8 Å². The summed E-state index contributed by atoms with van der Waals surface area (Å²) in [4.78, 5) is 26.6. The predicted molar refractivity (Wildman–Crippen MR) is 84.2 cm³/mol. The highest BCUT2D eigenvalue weighted by molar-refractivity contribution is 5.92. The Morgan fingerprint density at radius 1 is 1.21 bits per heavy atom. The smallest absolute Gasteiger partial charge is 0.343 e. The zero-order valence-corrected chi connectivity index (χ0v) is 12.6. The molecular weight excluding hydrogens is 312 g/mol. The minimum absolute atomic E-state index is 0.0751. The van der Waals surface area contributed by atoms with Crippen molar-refractivity contribution >= 4 is 11.7 Å². The molecule has 0 atom stereocenters. The molecule has 0 aliphatic carbocycles. The summed E-state index contributed by atoms with van der Waals surface area (Å²) in [7, 11) is 0. The second-order valence-electron chi connectivity index (χ2n) is 5.00. The third-order valence-corrected chi connectivity index (χ3v) is 3.30. The van der Waals surface area contributed by atoms with Crippen LogP contribution in [0.3, 0.4) is 0 Å². The van der Waals surface area contributed by atoms with Gasteiger partial charge in [-0.1, -0.05) is 17.7 Å². The lowest BCUT2D eigenvalue weighted by atomic mass is 10.1. The molecule has 24 heavy (non-hydrogen) atoms. The number of aryl methyl sites for hydroxylation is 1. The Labute approximate surface area is 136 Å². The molecule has 1 aromatic heterocycles. The fourth-order valence-electron chi connectivity index (χ4n) is 2.10. The summed E-state index contributed by atoms with van der Waals surface area (Å²) in [6.45, 7) is 1.91. The number of rotatable bonds is 4. The molecule has 0 aliphatic heterocycles. The van der Waals surface area contributed by atoms with Crippen molar-refractivity contribution in [3.05, 3.63) is 76.4 Å². The number of nitrogens with zero attached hydrogens (tertiary/aromatic N) is 4. The second kappa shape index (κ2) is 6.29. The molecule has 2 aromatic carbocycles. The summed E-state index contributed by atoms with van der Waals surface area (Å²) in [6, 6.07) is 11.0. The Balaban J connectivity index is 1.91. The standard InChI is InChI=1S/C16H12N4O4/c1-11-2-5-13(6-3-11)24-16(21)12-4-7-14(15(8-12)20(22)23)19-10-17-9-18-19/h2-10H,1H3. The molecule has 0 saturated heterocycles. The molecule has 0 radical (unpaired) electrons. The first kappa shape index (κ1) is 15.3. The van der Waals surface area contributed by atoms with Crippen molar-refractivity contribution in [3.8, 4) is 11.4 Å². The van der Waals surface area contributed by atoms with Gasteiger partial charge < -0.3 is 4.74 Å². The van der Waals surface area contributed by atoms with Crippen LogP contribution in [0.2, 0.25) is 0 Å². The Kier molecular flexibility index (Phi) is 4.02. The Morgan fingerprint density at radius 3 is 2.58 bits per heavy atom. The summed E-state index contributed by atoms with van der Waals surface area (Å²) < 4.78 is 6.48. The molecule has 0 aliphatic rings. The fraction of sp³-hybridized carbons (Fsp3) is 0.0625. The maximum absolute atomic E-state index is 12.2. The van der Waals surface area contributed by atoms with Gasteiger partial charge in [-0.25, -0.2) is 14.5 Å². The van der Waals surface area contributed by atoms with Crippen molar-refractivity contribution in [3.63, 3.8) is 0 Å². The molecule has 0 amide bonds. The van der Waals surface area contributed by atoms with E-state index in [0.717, 1.165) is 11.6 Å². The van der Waals surface area contributed by atoms with Crippen molar-refractivity contribution in [1.29, 1.82) is 0 Å². The number of hydrogen-bond acceptors (Lipinski definition) is 6. The van der Waals surface area contributed by atoms with E-state index in [4.69, 9.17) is 4.74 Å². The van der Waals surface area contributed by atoms with Crippen LogP contribution in [0.25, 0.3) is 5.69 Å². The highest BCUT2D eigenvalue weighted by Crippen LogP contribution is 2.24. The highest BCUT2D eigenvalue weighted by Gasteiger charge is 2.20. The van der Waals surface area contributed by atoms with Crippen molar-refractivity contribution in [2.75, 3.05) is 0 Å². The molecule has 8 nitrogen and oxygen atoms in total. The van der Waals surface area contributed by atoms with E-state index in [2.05, 4.69) is 10.1 Å². The largest absolute Gasteiger partial charge is 0.423 e. The van der Waals surface area contributed by atoms with Crippen LogP contribution < -0.4 is 4.74 Å². The molecule has 3 aromatic rings. The van der Waals surface area contributed by atoms with Crippen LogP contribution in [0.15, 0.2) is 55.1 Å². The maximum Gasteiger partial charge on any atom is 0.343 e. The third-order valence-electron chi connectivity index (χ3n) is 3.30. The number of hydrogen-bond donors (Lipinski definition) is 0. The zero-order valence-electron chi connectivity index (χ0n) is 12.6. The average molecular weight is 324 g/mol. The van der Waals surface area contributed by atoms with Gasteiger partial charge in [0.2, 0.25) is 0 Å². The lowest BCUT2D eigenvalue weighted by Crippen LogP contribution is -2.10. The van der Waals surface area contributed by atoms with E-state index in [-0.39, 0.29) is 16.9 Å². The first-order valence-electron chi connectivity index (χ1n) is 6.97. The van der Waals surface area contributed by atoms with Gasteiger partial charge in [0, 0.05) is 6.07 Å². The summed E-state index contributed by atoms with van der Waals surface area (Å²) >= 11 is 0. The number of carbonyl (C=O) groups is 1. The molecule has 0 bridgehead atoms. The van der Waals surface area contributed by atoms with Gasteiger partial charge in [-0.2, -0.15) is 5.10 Å². The first-order chi connectivity index (χ1) is 11.5. The zero-order chi connectivity index (χ0) is 17.1. The summed E-state index contributed by atoms with van der Waals surface area (Å²) in [5, 5.41) is 15.1. The van der Waals surface area contributed by atoms with Crippen LogP contribution >= 0.6 is 0 Å².